The minimum atomic E-state index is -0.619. The molecular formula is C12H15ClN4O3. The van der Waals surface area contributed by atoms with Crippen LogP contribution in [0.1, 0.15) is 24.2 Å². The molecule has 0 saturated carbocycles. The van der Waals surface area contributed by atoms with Crippen LogP contribution in [0, 0.1) is 10.1 Å². The van der Waals surface area contributed by atoms with Crippen molar-refractivity contribution in [2.45, 2.75) is 25.9 Å². The molecule has 1 amide bonds. The number of pyridine rings is 1. The number of hydrogen-bond acceptors (Lipinski definition) is 5. The molecule has 0 bridgehead atoms. The molecule has 1 N–H and O–H groups in total. The highest BCUT2D eigenvalue weighted by molar-refractivity contribution is 6.29. The van der Waals surface area contributed by atoms with Crippen LogP contribution in [0.5, 0.6) is 0 Å². The summed E-state index contributed by atoms with van der Waals surface area (Å²) in [6, 6.07) is 1.53. The van der Waals surface area contributed by atoms with Crippen LogP contribution in [0.25, 0.3) is 0 Å². The number of amides is 1. The van der Waals surface area contributed by atoms with E-state index >= 15 is 0 Å². The van der Waals surface area contributed by atoms with Crippen molar-refractivity contribution in [2.75, 3.05) is 13.1 Å². The van der Waals surface area contributed by atoms with Gasteiger partial charge in [0.05, 0.1) is 4.92 Å². The van der Waals surface area contributed by atoms with Gasteiger partial charge in [0.15, 0.2) is 0 Å². The van der Waals surface area contributed by atoms with E-state index in [0.717, 1.165) is 6.20 Å². The smallest absolute Gasteiger partial charge is 0.300 e. The van der Waals surface area contributed by atoms with Crippen molar-refractivity contribution in [1.29, 1.82) is 0 Å². The molecule has 0 radical (unpaired) electrons. The quantitative estimate of drug-likeness (QED) is 0.507. The Kier molecular flexibility index (Phi) is 4.20. The molecule has 1 aliphatic rings. The number of halogens is 1. The lowest BCUT2D eigenvalue weighted by molar-refractivity contribution is -0.385. The molecule has 2 heterocycles. The summed E-state index contributed by atoms with van der Waals surface area (Å²) in [5, 5.41) is 14.4. The SMILES string of the molecule is CC1CN(C(=O)c2cc(Cl)ncc2[N+](=O)[O-])CC(C)N1. The largest absolute Gasteiger partial charge is 0.335 e. The third-order valence-corrected chi connectivity index (χ3v) is 3.33. The predicted octanol–water partition coefficient (Wildman–Crippen LogP) is 1.47. The summed E-state index contributed by atoms with van der Waals surface area (Å²) in [4.78, 5) is 28.1. The van der Waals surface area contributed by atoms with E-state index < -0.39 is 4.92 Å². The lowest BCUT2D eigenvalue weighted by atomic mass is 10.1. The molecule has 0 aromatic carbocycles. The first-order chi connectivity index (χ1) is 9.38. The topological polar surface area (TPSA) is 88.4 Å². The second kappa shape index (κ2) is 5.72. The Bertz CT molecular complexity index is 542. The molecule has 20 heavy (non-hydrogen) atoms. The van der Waals surface area contributed by atoms with Gasteiger partial charge in [-0.05, 0) is 19.9 Å². The number of aromatic nitrogens is 1. The van der Waals surface area contributed by atoms with Gasteiger partial charge in [0, 0.05) is 25.2 Å². The van der Waals surface area contributed by atoms with Crippen LogP contribution >= 0.6 is 11.6 Å². The molecule has 2 atom stereocenters. The van der Waals surface area contributed by atoms with Crippen LogP contribution in [0.15, 0.2) is 12.3 Å². The number of carbonyl (C=O) groups is 1. The van der Waals surface area contributed by atoms with Gasteiger partial charge in [-0.2, -0.15) is 0 Å². The zero-order valence-corrected chi connectivity index (χ0v) is 11.9. The van der Waals surface area contributed by atoms with Gasteiger partial charge in [-0.1, -0.05) is 11.6 Å². The van der Waals surface area contributed by atoms with Crippen LogP contribution in [-0.2, 0) is 0 Å². The lowest BCUT2D eigenvalue weighted by Gasteiger charge is -2.36. The number of hydrogen-bond donors (Lipinski definition) is 1. The minimum Gasteiger partial charge on any atom is -0.335 e. The van der Waals surface area contributed by atoms with Crippen molar-refractivity contribution in [2.24, 2.45) is 0 Å². The number of carbonyl (C=O) groups excluding carboxylic acids is 1. The molecule has 0 spiro atoms. The fraction of sp³-hybridized carbons (Fsp3) is 0.500. The molecule has 0 aliphatic carbocycles. The first-order valence-electron chi connectivity index (χ1n) is 6.23. The van der Waals surface area contributed by atoms with Crippen LogP contribution < -0.4 is 5.32 Å². The third-order valence-electron chi connectivity index (χ3n) is 3.12. The first kappa shape index (κ1) is 14.7. The van der Waals surface area contributed by atoms with Gasteiger partial charge in [0.1, 0.15) is 16.9 Å². The highest BCUT2D eigenvalue weighted by atomic mass is 35.5. The fourth-order valence-electron chi connectivity index (χ4n) is 2.40. The average Bonchev–Trinajstić information content (AvgIpc) is 2.36. The maximum absolute atomic E-state index is 12.5. The van der Waals surface area contributed by atoms with E-state index in [9.17, 15) is 14.9 Å². The summed E-state index contributed by atoms with van der Waals surface area (Å²) in [5.41, 5.74) is -0.338. The molecule has 2 unspecified atom stereocenters. The standard InChI is InChI=1S/C12H15ClN4O3/c1-7-5-16(6-8(2)15-7)12(18)9-3-11(13)14-4-10(9)17(19)20/h3-4,7-8,15H,5-6H2,1-2H3. The first-order valence-corrected chi connectivity index (χ1v) is 6.61. The molecule has 1 aliphatic heterocycles. The predicted molar refractivity (Wildman–Crippen MR) is 73.9 cm³/mol. The van der Waals surface area contributed by atoms with Crippen molar-refractivity contribution in [3.8, 4) is 0 Å². The molecule has 1 aromatic rings. The van der Waals surface area contributed by atoms with E-state index in [1.165, 1.54) is 6.07 Å². The Balaban J connectivity index is 2.33. The summed E-state index contributed by atoms with van der Waals surface area (Å²) < 4.78 is 0. The molecule has 1 aromatic heterocycles. The summed E-state index contributed by atoms with van der Waals surface area (Å²) in [6.45, 7) is 4.92. The van der Waals surface area contributed by atoms with Gasteiger partial charge in [-0.3, -0.25) is 14.9 Å². The number of piperazine rings is 1. The highest BCUT2D eigenvalue weighted by Crippen LogP contribution is 2.23. The molecule has 1 fully saturated rings. The van der Waals surface area contributed by atoms with E-state index in [0.29, 0.717) is 13.1 Å². The summed E-state index contributed by atoms with van der Waals surface area (Å²) >= 11 is 5.75. The van der Waals surface area contributed by atoms with Crippen molar-refractivity contribution in [3.63, 3.8) is 0 Å². The van der Waals surface area contributed by atoms with Crippen LogP contribution in [0.3, 0.4) is 0 Å². The number of nitro groups is 1. The van der Waals surface area contributed by atoms with E-state index in [-0.39, 0.29) is 34.4 Å². The zero-order chi connectivity index (χ0) is 14.9. The highest BCUT2D eigenvalue weighted by Gasteiger charge is 2.30. The van der Waals surface area contributed by atoms with Crippen molar-refractivity contribution in [1.82, 2.24) is 15.2 Å². The monoisotopic (exact) mass is 298 g/mol. The Labute approximate surface area is 121 Å². The maximum Gasteiger partial charge on any atom is 0.300 e. The Morgan fingerprint density at radius 2 is 2.10 bits per heavy atom. The molecule has 8 heteroatoms. The fourth-order valence-corrected chi connectivity index (χ4v) is 2.56. The minimum absolute atomic E-state index is 0.0173. The van der Waals surface area contributed by atoms with Crippen LogP contribution in [0.4, 0.5) is 5.69 Å². The summed E-state index contributed by atoms with van der Waals surface area (Å²) in [5.74, 6) is -0.388. The maximum atomic E-state index is 12.5. The molecule has 108 valence electrons. The Hall–Kier alpha value is -1.73. The van der Waals surface area contributed by atoms with Gasteiger partial charge in [-0.25, -0.2) is 4.98 Å². The molecular weight excluding hydrogens is 284 g/mol. The van der Waals surface area contributed by atoms with Crippen LogP contribution in [0.2, 0.25) is 5.15 Å². The second-order valence-corrected chi connectivity index (χ2v) is 5.35. The van der Waals surface area contributed by atoms with E-state index in [1.807, 2.05) is 13.8 Å². The van der Waals surface area contributed by atoms with Gasteiger partial charge in [-0.15, -0.1) is 0 Å². The third kappa shape index (κ3) is 3.05. The lowest BCUT2D eigenvalue weighted by Crippen LogP contribution is -2.55. The van der Waals surface area contributed by atoms with E-state index in [1.54, 1.807) is 4.90 Å². The van der Waals surface area contributed by atoms with Crippen molar-refractivity contribution in [3.05, 3.63) is 33.1 Å². The average molecular weight is 299 g/mol. The van der Waals surface area contributed by atoms with E-state index in [2.05, 4.69) is 10.3 Å². The molecule has 7 nitrogen and oxygen atoms in total. The molecule has 2 rings (SSSR count). The molecule has 1 saturated heterocycles. The normalized spacial score (nSPS) is 22.6. The van der Waals surface area contributed by atoms with Crippen LogP contribution in [-0.4, -0.2) is 45.9 Å². The summed E-state index contributed by atoms with van der Waals surface area (Å²) in [6.07, 6.45) is 1.02. The van der Waals surface area contributed by atoms with Gasteiger partial charge >= 0.3 is 0 Å². The second-order valence-electron chi connectivity index (χ2n) is 4.96. The zero-order valence-electron chi connectivity index (χ0n) is 11.2. The summed E-state index contributed by atoms with van der Waals surface area (Å²) in [7, 11) is 0. The van der Waals surface area contributed by atoms with E-state index in [4.69, 9.17) is 11.6 Å². The number of nitrogens with zero attached hydrogens (tertiary/aromatic N) is 3. The Morgan fingerprint density at radius 3 is 2.65 bits per heavy atom. The number of rotatable bonds is 2. The van der Waals surface area contributed by atoms with Crippen molar-refractivity contribution < 1.29 is 9.72 Å². The Morgan fingerprint density at radius 1 is 1.50 bits per heavy atom. The van der Waals surface area contributed by atoms with Gasteiger partial charge < -0.3 is 10.2 Å². The number of nitrogens with one attached hydrogen (secondary N) is 1. The van der Waals surface area contributed by atoms with Crippen molar-refractivity contribution >= 4 is 23.2 Å². The van der Waals surface area contributed by atoms with Gasteiger partial charge in [0.25, 0.3) is 11.6 Å². The van der Waals surface area contributed by atoms with Gasteiger partial charge in [0.2, 0.25) is 0 Å².